The summed E-state index contributed by atoms with van der Waals surface area (Å²) < 4.78 is 0. The largest absolute Gasteiger partial charge is 0.357 e. The Bertz CT molecular complexity index is 1160. The predicted molar refractivity (Wildman–Crippen MR) is 137 cm³/mol. The topological polar surface area (TPSA) is 90.5 Å². The first-order valence-corrected chi connectivity index (χ1v) is 11.9. The fourth-order valence-electron chi connectivity index (χ4n) is 4.43. The van der Waals surface area contributed by atoms with Crippen molar-refractivity contribution in [3.63, 3.8) is 0 Å². The summed E-state index contributed by atoms with van der Waals surface area (Å²) in [5.74, 6) is 1.05. The van der Waals surface area contributed by atoms with Crippen molar-refractivity contribution in [1.29, 1.82) is 0 Å². The average Bonchev–Trinajstić information content (AvgIpc) is 2.86. The highest BCUT2D eigenvalue weighted by Gasteiger charge is 2.35. The van der Waals surface area contributed by atoms with Crippen LogP contribution in [0.5, 0.6) is 0 Å². The molecule has 0 radical (unpaired) electrons. The molecule has 1 saturated heterocycles. The fraction of sp³-hybridized carbons (Fsp3) is 0.333. The van der Waals surface area contributed by atoms with Crippen LogP contribution in [0.3, 0.4) is 0 Å². The number of carbonyl (C=O) groups is 2. The molecule has 2 N–H and O–H groups in total. The van der Waals surface area contributed by atoms with Crippen molar-refractivity contribution in [3.05, 3.63) is 83.3 Å². The standard InChI is InChI=1S/C27H32N6O2/c1-19-16-25(30-20(2)29-19)31-23-11-7-10-22(17-23)27(35)33-15-14-32(18-24(33)26(34)28-3)13-12-21-8-5-4-6-9-21/h4-11,16-17,24H,12-15,18H2,1-3H3,(H,28,34)(H,29,30,31)/t24-/m1/s1. The van der Waals surface area contributed by atoms with E-state index >= 15 is 0 Å². The number of aromatic nitrogens is 2. The van der Waals surface area contributed by atoms with Gasteiger partial charge >= 0.3 is 0 Å². The molecule has 1 aromatic heterocycles. The maximum Gasteiger partial charge on any atom is 0.254 e. The van der Waals surface area contributed by atoms with Crippen molar-refractivity contribution < 1.29 is 9.59 Å². The van der Waals surface area contributed by atoms with Crippen LogP contribution in [0.15, 0.2) is 60.7 Å². The summed E-state index contributed by atoms with van der Waals surface area (Å²) in [6.07, 6.45) is 0.908. The zero-order valence-corrected chi connectivity index (χ0v) is 20.5. The molecule has 1 fully saturated rings. The third-order valence-corrected chi connectivity index (χ3v) is 6.18. The Morgan fingerprint density at radius 2 is 1.80 bits per heavy atom. The zero-order chi connectivity index (χ0) is 24.8. The van der Waals surface area contributed by atoms with Crippen molar-refractivity contribution >= 4 is 23.3 Å². The third kappa shape index (κ3) is 6.22. The van der Waals surface area contributed by atoms with Crippen molar-refractivity contribution in [2.45, 2.75) is 26.3 Å². The Kier molecular flexibility index (Phi) is 7.72. The van der Waals surface area contributed by atoms with E-state index in [1.54, 1.807) is 24.1 Å². The Morgan fingerprint density at radius 1 is 1.00 bits per heavy atom. The molecule has 2 aromatic carbocycles. The van der Waals surface area contributed by atoms with Gasteiger partial charge in [-0.2, -0.15) is 0 Å². The molecule has 1 aliphatic heterocycles. The first kappa shape index (κ1) is 24.3. The predicted octanol–water partition coefficient (Wildman–Crippen LogP) is 2.95. The van der Waals surface area contributed by atoms with Crippen LogP contribution in [0.1, 0.15) is 27.4 Å². The molecule has 4 rings (SSSR count). The van der Waals surface area contributed by atoms with Crippen LogP contribution in [0.2, 0.25) is 0 Å². The van der Waals surface area contributed by atoms with Gasteiger partial charge in [-0.3, -0.25) is 14.5 Å². The van der Waals surface area contributed by atoms with Gasteiger partial charge < -0.3 is 15.5 Å². The van der Waals surface area contributed by atoms with E-state index in [0.29, 0.717) is 30.3 Å². The van der Waals surface area contributed by atoms with Gasteiger partial charge in [-0.05, 0) is 44.0 Å². The van der Waals surface area contributed by atoms with Crippen LogP contribution in [-0.4, -0.2) is 70.9 Å². The van der Waals surface area contributed by atoms with Gasteiger partial charge in [0.05, 0.1) is 0 Å². The van der Waals surface area contributed by atoms with Gasteiger partial charge in [0.25, 0.3) is 5.91 Å². The molecule has 3 aromatic rings. The quantitative estimate of drug-likeness (QED) is 0.550. The summed E-state index contributed by atoms with van der Waals surface area (Å²) in [7, 11) is 1.62. The lowest BCUT2D eigenvalue weighted by Gasteiger charge is -2.40. The summed E-state index contributed by atoms with van der Waals surface area (Å²) in [6.45, 7) is 6.33. The van der Waals surface area contributed by atoms with Crippen LogP contribution in [-0.2, 0) is 11.2 Å². The third-order valence-electron chi connectivity index (χ3n) is 6.18. The number of amides is 2. The summed E-state index contributed by atoms with van der Waals surface area (Å²) in [4.78, 5) is 38.9. The molecule has 0 unspecified atom stereocenters. The Labute approximate surface area is 206 Å². The number of aryl methyl sites for hydroxylation is 2. The maximum atomic E-state index is 13.5. The molecule has 0 aliphatic carbocycles. The van der Waals surface area contributed by atoms with E-state index in [9.17, 15) is 9.59 Å². The van der Waals surface area contributed by atoms with Crippen molar-refractivity contribution in [2.24, 2.45) is 0 Å². The Hall–Kier alpha value is -3.78. The van der Waals surface area contributed by atoms with E-state index in [-0.39, 0.29) is 11.8 Å². The van der Waals surface area contributed by atoms with Gasteiger partial charge in [0.15, 0.2) is 0 Å². The average molecular weight is 473 g/mol. The molecular formula is C27H32N6O2. The van der Waals surface area contributed by atoms with Crippen molar-refractivity contribution in [3.8, 4) is 0 Å². The summed E-state index contributed by atoms with van der Waals surface area (Å²) in [6, 6.07) is 18.9. The van der Waals surface area contributed by atoms with Gasteiger partial charge in [0, 0.05) is 56.2 Å². The van der Waals surface area contributed by atoms with E-state index in [2.05, 4.69) is 37.6 Å². The highest BCUT2D eigenvalue weighted by molar-refractivity contribution is 5.98. The molecule has 2 amide bonds. The second-order valence-corrected chi connectivity index (χ2v) is 8.81. The number of anilines is 2. The molecule has 0 bridgehead atoms. The maximum absolute atomic E-state index is 13.5. The van der Waals surface area contributed by atoms with Crippen molar-refractivity contribution in [1.82, 2.24) is 25.1 Å². The highest BCUT2D eigenvalue weighted by Crippen LogP contribution is 2.20. The molecule has 2 heterocycles. The van der Waals surface area contributed by atoms with E-state index in [1.807, 2.05) is 50.2 Å². The Balaban J connectivity index is 1.46. The molecular weight excluding hydrogens is 440 g/mol. The SMILES string of the molecule is CNC(=O)[C@H]1CN(CCc2ccccc2)CCN1C(=O)c1cccc(Nc2cc(C)nc(C)n2)c1. The second kappa shape index (κ2) is 11.1. The first-order valence-electron chi connectivity index (χ1n) is 11.9. The van der Waals surface area contributed by atoms with Gasteiger partial charge in [0.2, 0.25) is 5.91 Å². The molecule has 35 heavy (non-hydrogen) atoms. The van der Waals surface area contributed by atoms with Crippen LogP contribution in [0, 0.1) is 13.8 Å². The van der Waals surface area contributed by atoms with E-state index in [4.69, 9.17) is 0 Å². The van der Waals surface area contributed by atoms with Crippen molar-refractivity contribution in [2.75, 3.05) is 38.5 Å². The minimum atomic E-state index is -0.541. The zero-order valence-electron chi connectivity index (χ0n) is 20.5. The molecule has 1 aliphatic rings. The number of likely N-dealkylation sites (N-methyl/N-ethyl adjacent to an activating group) is 1. The number of nitrogens with one attached hydrogen (secondary N) is 2. The second-order valence-electron chi connectivity index (χ2n) is 8.81. The van der Waals surface area contributed by atoms with E-state index in [0.717, 1.165) is 30.9 Å². The fourth-order valence-corrected chi connectivity index (χ4v) is 4.43. The molecule has 8 heteroatoms. The number of benzene rings is 2. The number of carbonyl (C=O) groups excluding carboxylic acids is 2. The van der Waals surface area contributed by atoms with Crippen LogP contribution >= 0.6 is 0 Å². The van der Waals surface area contributed by atoms with Gasteiger partial charge in [0.1, 0.15) is 17.7 Å². The molecule has 8 nitrogen and oxygen atoms in total. The number of nitrogens with zero attached hydrogens (tertiary/aromatic N) is 4. The van der Waals surface area contributed by atoms with E-state index in [1.165, 1.54) is 5.56 Å². The summed E-state index contributed by atoms with van der Waals surface area (Å²) in [5, 5.41) is 5.99. The number of hydrogen-bond acceptors (Lipinski definition) is 6. The highest BCUT2D eigenvalue weighted by atomic mass is 16.2. The normalized spacial score (nSPS) is 16.1. The number of rotatable bonds is 7. The molecule has 182 valence electrons. The van der Waals surface area contributed by atoms with Gasteiger partial charge in [-0.25, -0.2) is 9.97 Å². The molecule has 0 spiro atoms. The molecule has 0 saturated carbocycles. The molecule has 1 atom stereocenters. The first-order chi connectivity index (χ1) is 16.9. The van der Waals surface area contributed by atoms with Crippen LogP contribution in [0.25, 0.3) is 0 Å². The summed E-state index contributed by atoms with van der Waals surface area (Å²) >= 11 is 0. The van der Waals surface area contributed by atoms with Gasteiger partial charge in [-0.1, -0.05) is 36.4 Å². The minimum absolute atomic E-state index is 0.149. The monoisotopic (exact) mass is 472 g/mol. The lowest BCUT2D eigenvalue weighted by atomic mass is 10.1. The van der Waals surface area contributed by atoms with Gasteiger partial charge in [-0.15, -0.1) is 0 Å². The lowest BCUT2D eigenvalue weighted by Crippen LogP contribution is -2.60. The minimum Gasteiger partial charge on any atom is -0.357 e. The van der Waals surface area contributed by atoms with E-state index < -0.39 is 6.04 Å². The van der Waals surface area contributed by atoms with Crippen LogP contribution in [0.4, 0.5) is 11.5 Å². The Morgan fingerprint density at radius 3 is 2.54 bits per heavy atom. The lowest BCUT2D eigenvalue weighted by molar-refractivity contribution is -0.127. The smallest absolute Gasteiger partial charge is 0.254 e. The summed E-state index contributed by atoms with van der Waals surface area (Å²) in [5.41, 5.74) is 3.42. The number of hydrogen-bond donors (Lipinski definition) is 2. The number of piperazine rings is 1. The van der Waals surface area contributed by atoms with Crippen LogP contribution < -0.4 is 10.6 Å².